The zero-order valence-corrected chi connectivity index (χ0v) is 18.6. The van der Waals surface area contributed by atoms with Crippen LogP contribution in [-0.2, 0) is 0 Å². The normalized spacial score (nSPS) is 24.0. The molecule has 3 aromatic rings. The molecule has 33 heavy (non-hydrogen) atoms. The largest absolute Gasteiger partial charge is 0.507 e. The minimum absolute atomic E-state index is 0.0896. The van der Waals surface area contributed by atoms with E-state index in [1.54, 1.807) is 31.5 Å². The third kappa shape index (κ3) is 3.97. The highest BCUT2D eigenvalue weighted by atomic mass is 16.5. The number of anilines is 1. The Kier molecular flexibility index (Phi) is 5.05. The number of aromatic nitrogens is 5. The summed E-state index contributed by atoms with van der Waals surface area (Å²) >= 11 is 0. The SMILES string of the molecule is COc1cc(-c2ccc(-c3ncc(N(C4CC4)[C@@H]4C[C@H]5CC[C@@H](C4)N5)nn3)c(O)c2)cnn1. The lowest BCUT2D eigenvalue weighted by molar-refractivity contribution is 0.343. The minimum Gasteiger partial charge on any atom is -0.507 e. The summed E-state index contributed by atoms with van der Waals surface area (Å²) in [4.78, 5) is 7.05. The van der Waals surface area contributed by atoms with Gasteiger partial charge in [-0.1, -0.05) is 6.07 Å². The maximum atomic E-state index is 10.7. The van der Waals surface area contributed by atoms with Gasteiger partial charge in [-0.05, 0) is 56.2 Å². The van der Waals surface area contributed by atoms with E-state index in [1.165, 1.54) is 25.7 Å². The Hall–Kier alpha value is -3.33. The summed E-state index contributed by atoms with van der Waals surface area (Å²) in [6.45, 7) is 0. The lowest BCUT2D eigenvalue weighted by Gasteiger charge is -2.38. The van der Waals surface area contributed by atoms with Gasteiger partial charge in [-0.3, -0.25) is 0 Å². The van der Waals surface area contributed by atoms with Crippen molar-refractivity contribution in [1.29, 1.82) is 0 Å². The number of fused-ring (bicyclic) bond motifs is 2. The van der Waals surface area contributed by atoms with Gasteiger partial charge in [-0.25, -0.2) is 4.98 Å². The van der Waals surface area contributed by atoms with Gasteiger partial charge < -0.3 is 20.1 Å². The molecule has 3 atom stereocenters. The molecular formula is C24H27N7O2. The number of phenolic OH excluding ortho intramolecular Hbond substituents is 1. The molecule has 170 valence electrons. The van der Waals surface area contributed by atoms with Crippen LogP contribution in [0.15, 0.2) is 36.7 Å². The first-order valence-corrected chi connectivity index (χ1v) is 11.6. The summed E-state index contributed by atoms with van der Waals surface area (Å²) in [5.74, 6) is 1.76. The molecule has 0 unspecified atom stereocenters. The summed E-state index contributed by atoms with van der Waals surface area (Å²) in [6, 6.07) is 9.44. The predicted octanol–water partition coefficient (Wildman–Crippen LogP) is 2.96. The Morgan fingerprint density at radius 2 is 1.76 bits per heavy atom. The number of rotatable bonds is 6. The fourth-order valence-corrected chi connectivity index (χ4v) is 5.30. The van der Waals surface area contributed by atoms with Crippen LogP contribution in [0.5, 0.6) is 11.6 Å². The van der Waals surface area contributed by atoms with E-state index in [2.05, 4.69) is 35.6 Å². The first kappa shape index (κ1) is 20.3. The molecule has 0 radical (unpaired) electrons. The van der Waals surface area contributed by atoms with E-state index < -0.39 is 0 Å². The molecule has 4 heterocycles. The standard InChI is InChI=1S/C24H27N7O2/c1-33-23-9-15(12-26-29-23)14-2-7-20(21(32)8-14)24-25-13-22(28-30-24)31(18-5-6-18)19-10-16-3-4-17(11-19)27-16/h2,7-9,12-13,16-19,27,32H,3-6,10-11H2,1H3/t16-,17+,19-. The number of piperidine rings is 1. The number of methoxy groups -OCH3 is 1. The molecule has 2 saturated heterocycles. The molecule has 2 N–H and O–H groups in total. The smallest absolute Gasteiger partial charge is 0.233 e. The summed E-state index contributed by atoms with van der Waals surface area (Å²) in [5.41, 5.74) is 2.15. The van der Waals surface area contributed by atoms with Gasteiger partial charge in [0.1, 0.15) is 5.75 Å². The van der Waals surface area contributed by atoms with Crippen LogP contribution in [0.2, 0.25) is 0 Å². The molecule has 2 aliphatic heterocycles. The third-order valence-corrected chi connectivity index (χ3v) is 7.01. The molecule has 3 fully saturated rings. The van der Waals surface area contributed by atoms with E-state index in [0.717, 1.165) is 29.8 Å². The second kappa shape index (κ2) is 8.22. The lowest BCUT2D eigenvalue weighted by Crippen LogP contribution is -2.49. The number of phenols is 1. The molecule has 1 aliphatic carbocycles. The average Bonchev–Trinajstić information content (AvgIpc) is 3.63. The van der Waals surface area contributed by atoms with Gasteiger partial charge in [0.05, 0.1) is 25.1 Å². The number of nitrogens with one attached hydrogen (secondary N) is 1. The molecule has 3 aliphatic rings. The molecular weight excluding hydrogens is 418 g/mol. The zero-order chi connectivity index (χ0) is 22.4. The fourth-order valence-electron chi connectivity index (χ4n) is 5.30. The zero-order valence-electron chi connectivity index (χ0n) is 18.6. The second-order valence-corrected chi connectivity index (χ2v) is 9.26. The van der Waals surface area contributed by atoms with Crippen molar-refractivity contribution >= 4 is 5.82 Å². The molecule has 1 saturated carbocycles. The van der Waals surface area contributed by atoms with E-state index in [1.807, 2.05) is 12.3 Å². The molecule has 2 bridgehead atoms. The van der Waals surface area contributed by atoms with Crippen LogP contribution >= 0.6 is 0 Å². The Labute approximate surface area is 192 Å². The number of hydrogen-bond donors (Lipinski definition) is 2. The van der Waals surface area contributed by atoms with Crippen molar-refractivity contribution in [1.82, 2.24) is 30.7 Å². The second-order valence-electron chi connectivity index (χ2n) is 9.26. The van der Waals surface area contributed by atoms with Crippen LogP contribution in [-0.4, -0.2) is 61.8 Å². The monoisotopic (exact) mass is 445 g/mol. The van der Waals surface area contributed by atoms with Crippen LogP contribution in [0.3, 0.4) is 0 Å². The van der Waals surface area contributed by atoms with E-state index in [-0.39, 0.29) is 5.75 Å². The fraction of sp³-hybridized carbons (Fsp3) is 0.458. The molecule has 0 spiro atoms. The highest BCUT2D eigenvalue weighted by Crippen LogP contribution is 2.39. The van der Waals surface area contributed by atoms with Gasteiger partial charge in [-0.15, -0.1) is 15.3 Å². The Morgan fingerprint density at radius 3 is 2.42 bits per heavy atom. The molecule has 9 heteroatoms. The molecule has 1 aromatic carbocycles. The van der Waals surface area contributed by atoms with Crippen molar-refractivity contribution in [3.63, 3.8) is 0 Å². The summed E-state index contributed by atoms with van der Waals surface area (Å²) in [6.07, 6.45) is 10.7. The predicted molar refractivity (Wildman–Crippen MR) is 123 cm³/mol. The van der Waals surface area contributed by atoms with Crippen LogP contribution in [0.4, 0.5) is 5.82 Å². The van der Waals surface area contributed by atoms with Crippen molar-refractivity contribution in [3.05, 3.63) is 36.7 Å². The van der Waals surface area contributed by atoms with Crippen molar-refractivity contribution in [2.45, 2.75) is 62.7 Å². The van der Waals surface area contributed by atoms with Gasteiger partial charge in [-0.2, -0.15) is 5.10 Å². The van der Waals surface area contributed by atoms with Crippen LogP contribution in [0, 0.1) is 0 Å². The summed E-state index contributed by atoms with van der Waals surface area (Å²) in [5, 5.41) is 31.2. The highest BCUT2D eigenvalue weighted by molar-refractivity contribution is 5.72. The topological polar surface area (TPSA) is 109 Å². The van der Waals surface area contributed by atoms with Gasteiger partial charge in [0, 0.05) is 35.8 Å². The van der Waals surface area contributed by atoms with E-state index in [9.17, 15) is 5.11 Å². The summed E-state index contributed by atoms with van der Waals surface area (Å²) < 4.78 is 5.14. The van der Waals surface area contributed by atoms with Gasteiger partial charge in [0.15, 0.2) is 11.6 Å². The van der Waals surface area contributed by atoms with Gasteiger partial charge in [0.2, 0.25) is 5.88 Å². The molecule has 9 nitrogen and oxygen atoms in total. The number of aromatic hydroxyl groups is 1. The molecule has 0 amide bonds. The Balaban J connectivity index is 1.24. The van der Waals surface area contributed by atoms with Gasteiger partial charge in [0.25, 0.3) is 0 Å². The van der Waals surface area contributed by atoms with Crippen LogP contribution in [0.1, 0.15) is 38.5 Å². The van der Waals surface area contributed by atoms with E-state index >= 15 is 0 Å². The first-order valence-electron chi connectivity index (χ1n) is 11.6. The van der Waals surface area contributed by atoms with Crippen LogP contribution < -0.4 is 15.0 Å². The highest BCUT2D eigenvalue weighted by Gasteiger charge is 2.41. The van der Waals surface area contributed by atoms with Crippen LogP contribution in [0.25, 0.3) is 22.5 Å². The molecule has 6 rings (SSSR count). The summed E-state index contributed by atoms with van der Waals surface area (Å²) in [7, 11) is 1.54. The van der Waals surface area contributed by atoms with Gasteiger partial charge >= 0.3 is 0 Å². The number of ether oxygens (including phenoxy) is 1. The average molecular weight is 446 g/mol. The Morgan fingerprint density at radius 1 is 0.939 bits per heavy atom. The van der Waals surface area contributed by atoms with Crippen molar-refractivity contribution in [2.24, 2.45) is 0 Å². The van der Waals surface area contributed by atoms with Crippen molar-refractivity contribution in [3.8, 4) is 34.1 Å². The number of hydrogen-bond acceptors (Lipinski definition) is 9. The lowest BCUT2D eigenvalue weighted by atomic mass is 9.98. The maximum Gasteiger partial charge on any atom is 0.233 e. The number of benzene rings is 1. The maximum absolute atomic E-state index is 10.7. The van der Waals surface area contributed by atoms with E-state index in [4.69, 9.17) is 4.74 Å². The van der Waals surface area contributed by atoms with Crippen molar-refractivity contribution in [2.75, 3.05) is 12.0 Å². The van der Waals surface area contributed by atoms with E-state index in [0.29, 0.717) is 41.4 Å². The minimum atomic E-state index is 0.0896. The van der Waals surface area contributed by atoms with Crippen molar-refractivity contribution < 1.29 is 9.84 Å². The number of nitrogens with zero attached hydrogens (tertiary/aromatic N) is 6. The Bertz CT molecular complexity index is 1140. The molecule has 2 aromatic heterocycles. The quantitative estimate of drug-likeness (QED) is 0.592. The first-order chi connectivity index (χ1) is 16.2. The third-order valence-electron chi connectivity index (χ3n) is 7.01.